The van der Waals surface area contributed by atoms with E-state index in [4.69, 9.17) is 0 Å². The minimum Gasteiger partial charge on any atom is -0.748 e. The fourth-order valence-electron chi connectivity index (χ4n) is 0.931. The average molecular weight is 222 g/mol. The van der Waals surface area contributed by atoms with Crippen molar-refractivity contribution in [2.45, 2.75) is 38.5 Å². The molecular formula is C7H13F2LiO3S. The van der Waals surface area contributed by atoms with Gasteiger partial charge < -0.3 is 4.55 Å². The molecule has 0 aromatic rings. The SMILES string of the molecule is O=S(=O)([O-])CCCCCCC(F)F.[Li+]. The van der Waals surface area contributed by atoms with E-state index in [0.29, 0.717) is 19.3 Å². The third-order valence-electron chi connectivity index (χ3n) is 1.57. The van der Waals surface area contributed by atoms with Gasteiger partial charge in [-0.1, -0.05) is 12.8 Å². The van der Waals surface area contributed by atoms with Crippen LogP contribution < -0.4 is 18.9 Å². The van der Waals surface area contributed by atoms with Crippen molar-refractivity contribution in [3.63, 3.8) is 0 Å². The summed E-state index contributed by atoms with van der Waals surface area (Å²) in [5.41, 5.74) is 0. The molecule has 0 radical (unpaired) electrons. The molecule has 3 nitrogen and oxygen atoms in total. The molecule has 0 N–H and O–H groups in total. The van der Waals surface area contributed by atoms with E-state index in [-0.39, 0.29) is 37.5 Å². The second-order valence-electron chi connectivity index (χ2n) is 2.86. The molecular weight excluding hydrogens is 209 g/mol. The van der Waals surface area contributed by atoms with Gasteiger partial charge in [0.25, 0.3) is 0 Å². The van der Waals surface area contributed by atoms with E-state index >= 15 is 0 Å². The maximum Gasteiger partial charge on any atom is 1.00 e. The summed E-state index contributed by atoms with van der Waals surface area (Å²) in [6.07, 6.45) is -0.702. The Labute approximate surface area is 95.2 Å². The van der Waals surface area contributed by atoms with Crippen LogP contribution >= 0.6 is 0 Å². The van der Waals surface area contributed by atoms with Crippen LogP contribution in [0.25, 0.3) is 0 Å². The first-order valence-corrected chi connectivity index (χ1v) is 5.71. The van der Waals surface area contributed by atoms with Gasteiger partial charge in [-0.05, 0) is 12.8 Å². The first-order valence-electron chi connectivity index (χ1n) is 4.13. The molecule has 0 atom stereocenters. The first-order chi connectivity index (χ1) is 5.92. The van der Waals surface area contributed by atoms with Crippen molar-refractivity contribution in [1.82, 2.24) is 0 Å². The zero-order valence-electron chi connectivity index (χ0n) is 8.21. The molecule has 0 aliphatic carbocycles. The Morgan fingerprint density at radius 2 is 1.57 bits per heavy atom. The van der Waals surface area contributed by atoms with Crippen LogP contribution in [0.2, 0.25) is 0 Å². The molecule has 0 amide bonds. The van der Waals surface area contributed by atoms with Crippen molar-refractivity contribution >= 4 is 10.1 Å². The summed E-state index contributed by atoms with van der Waals surface area (Å²) in [4.78, 5) is 0. The van der Waals surface area contributed by atoms with Crippen LogP contribution in [0.1, 0.15) is 32.1 Å². The molecule has 7 heteroatoms. The van der Waals surface area contributed by atoms with Crippen LogP contribution in [-0.2, 0) is 10.1 Å². The third kappa shape index (κ3) is 14.9. The molecule has 80 valence electrons. The smallest absolute Gasteiger partial charge is 0.748 e. The van der Waals surface area contributed by atoms with Crippen molar-refractivity contribution in [2.75, 3.05) is 5.75 Å². The Kier molecular flexibility index (Phi) is 10.4. The van der Waals surface area contributed by atoms with Crippen molar-refractivity contribution in [3.05, 3.63) is 0 Å². The second kappa shape index (κ2) is 8.66. The largest absolute Gasteiger partial charge is 1.00 e. The van der Waals surface area contributed by atoms with Gasteiger partial charge in [-0.25, -0.2) is 17.2 Å². The Balaban J connectivity index is 0. The van der Waals surface area contributed by atoms with E-state index in [1.807, 2.05) is 0 Å². The zero-order valence-corrected chi connectivity index (χ0v) is 9.03. The maximum absolute atomic E-state index is 11.6. The topological polar surface area (TPSA) is 57.2 Å². The molecule has 0 aromatic heterocycles. The molecule has 0 saturated heterocycles. The summed E-state index contributed by atoms with van der Waals surface area (Å²) in [7, 11) is -4.13. The van der Waals surface area contributed by atoms with Gasteiger partial charge in [-0.3, -0.25) is 0 Å². The number of rotatable bonds is 7. The van der Waals surface area contributed by atoms with Crippen LogP contribution in [0.3, 0.4) is 0 Å². The summed E-state index contributed by atoms with van der Waals surface area (Å²) in [6.45, 7) is 0. The predicted molar refractivity (Wildman–Crippen MR) is 43.7 cm³/mol. The summed E-state index contributed by atoms with van der Waals surface area (Å²) in [5, 5.41) is 0. The summed E-state index contributed by atoms with van der Waals surface area (Å²) < 4.78 is 53.5. The molecule has 0 aliphatic heterocycles. The van der Waals surface area contributed by atoms with E-state index in [1.165, 1.54) is 0 Å². The molecule has 0 unspecified atom stereocenters. The second-order valence-corrected chi connectivity index (χ2v) is 4.38. The number of alkyl halides is 2. The molecule has 0 bridgehead atoms. The van der Waals surface area contributed by atoms with Gasteiger partial charge in [0.05, 0.1) is 10.1 Å². The van der Waals surface area contributed by atoms with Crippen LogP contribution in [0.5, 0.6) is 0 Å². The molecule has 0 heterocycles. The van der Waals surface area contributed by atoms with Gasteiger partial charge in [0.1, 0.15) is 0 Å². The van der Waals surface area contributed by atoms with E-state index < -0.39 is 16.5 Å². The maximum atomic E-state index is 11.6. The van der Waals surface area contributed by atoms with Crippen molar-refractivity contribution < 1.29 is 40.6 Å². The van der Waals surface area contributed by atoms with Gasteiger partial charge in [0.2, 0.25) is 6.43 Å². The standard InChI is InChI=1S/C7H14F2O3S.Li/c8-7(9)5-3-1-2-4-6-13(10,11)12;/h7H,1-6H2,(H,10,11,12);/q;+1/p-1. The molecule has 0 saturated carbocycles. The number of hydrogen-bond donors (Lipinski definition) is 0. The molecule has 0 spiro atoms. The van der Waals surface area contributed by atoms with E-state index in [1.54, 1.807) is 0 Å². The minimum absolute atomic E-state index is 0. The van der Waals surface area contributed by atoms with Crippen LogP contribution in [0, 0.1) is 0 Å². The van der Waals surface area contributed by atoms with Crippen LogP contribution in [0.4, 0.5) is 8.78 Å². The van der Waals surface area contributed by atoms with Gasteiger partial charge in [-0.15, -0.1) is 0 Å². The first kappa shape index (κ1) is 16.8. The normalized spacial score (nSPS) is 11.4. The van der Waals surface area contributed by atoms with Gasteiger partial charge in [-0.2, -0.15) is 0 Å². The molecule has 14 heavy (non-hydrogen) atoms. The predicted octanol–water partition coefficient (Wildman–Crippen LogP) is -1.25. The van der Waals surface area contributed by atoms with E-state index in [9.17, 15) is 21.8 Å². The number of unbranched alkanes of at least 4 members (excludes halogenated alkanes) is 3. The number of hydrogen-bond acceptors (Lipinski definition) is 3. The summed E-state index contributed by atoms with van der Waals surface area (Å²) in [5.74, 6) is -0.387. The average Bonchev–Trinajstić information content (AvgIpc) is 1.93. The molecule has 0 aromatic carbocycles. The fraction of sp³-hybridized carbons (Fsp3) is 1.00. The monoisotopic (exact) mass is 222 g/mol. The Hall–Kier alpha value is 0.367. The van der Waals surface area contributed by atoms with E-state index in [2.05, 4.69) is 0 Å². The molecule has 0 aliphatic rings. The van der Waals surface area contributed by atoms with Gasteiger partial charge in [0, 0.05) is 12.2 Å². The summed E-state index contributed by atoms with van der Waals surface area (Å²) in [6, 6.07) is 0. The van der Waals surface area contributed by atoms with Crippen LogP contribution in [0.15, 0.2) is 0 Å². The van der Waals surface area contributed by atoms with Gasteiger partial charge in [0.15, 0.2) is 0 Å². The third-order valence-corrected chi connectivity index (χ3v) is 2.36. The minimum atomic E-state index is -4.13. The summed E-state index contributed by atoms with van der Waals surface area (Å²) >= 11 is 0. The Morgan fingerprint density at radius 1 is 1.07 bits per heavy atom. The van der Waals surface area contributed by atoms with E-state index in [0.717, 1.165) is 0 Å². The molecule has 0 fully saturated rings. The Morgan fingerprint density at radius 3 is 2.00 bits per heavy atom. The Bertz CT molecular complexity index is 219. The van der Waals surface area contributed by atoms with Crippen molar-refractivity contribution in [2.24, 2.45) is 0 Å². The quantitative estimate of drug-likeness (QED) is 0.307. The van der Waals surface area contributed by atoms with Crippen molar-refractivity contribution in [3.8, 4) is 0 Å². The zero-order chi connectivity index (χ0) is 10.3. The fourth-order valence-corrected chi connectivity index (χ4v) is 1.49. The van der Waals surface area contributed by atoms with Gasteiger partial charge >= 0.3 is 18.9 Å². The molecule has 0 rings (SSSR count). The van der Waals surface area contributed by atoms with Crippen LogP contribution in [-0.4, -0.2) is 25.1 Å². The van der Waals surface area contributed by atoms with Crippen molar-refractivity contribution in [1.29, 1.82) is 0 Å². The number of halogens is 2.